The smallest absolute Gasteiger partial charge is 0.386 e. The van der Waals surface area contributed by atoms with Crippen LogP contribution in [-0.2, 0) is 23.9 Å². The number of amides is 4. The quantitative estimate of drug-likeness (QED) is 0.182. The molecule has 1 unspecified atom stereocenters. The number of halogens is 3. The van der Waals surface area contributed by atoms with Crippen molar-refractivity contribution in [2.45, 2.75) is 38.4 Å². The second-order valence-corrected chi connectivity index (χ2v) is 8.24. The van der Waals surface area contributed by atoms with Gasteiger partial charge in [-0.2, -0.15) is 13.2 Å². The number of benzene rings is 2. The first kappa shape index (κ1) is 30.8. The van der Waals surface area contributed by atoms with E-state index in [0.717, 1.165) is 11.1 Å². The number of nitrogens with one attached hydrogen (secondary N) is 4. The Balaban J connectivity index is 2.00. The van der Waals surface area contributed by atoms with Gasteiger partial charge in [0.1, 0.15) is 0 Å². The lowest BCUT2D eigenvalue weighted by Crippen LogP contribution is -2.40. The fraction of sp³-hybridized carbons (Fsp3) is 0.346. The third-order valence-corrected chi connectivity index (χ3v) is 5.21. The number of hydrogen-bond donors (Lipinski definition) is 4. The van der Waals surface area contributed by atoms with Crippen LogP contribution >= 0.6 is 0 Å². The Morgan fingerprint density at radius 1 is 0.846 bits per heavy atom. The molecule has 0 bridgehead atoms. The van der Waals surface area contributed by atoms with Crippen molar-refractivity contribution in [1.29, 1.82) is 0 Å². The first-order valence-corrected chi connectivity index (χ1v) is 12.0. The summed E-state index contributed by atoms with van der Waals surface area (Å²) in [4.78, 5) is 58.9. The molecular formula is C26H29F3N4O6. The molecule has 0 saturated carbocycles. The zero-order valence-corrected chi connectivity index (χ0v) is 21.1. The van der Waals surface area contributed by atoms with E-state index in [0.29, 0.717) is 18.5 Å². The summed E-state index contributed by atoms with van der Waals surface area (Å²) < 4.78 is 41.3. The molecule has 0 fully saturated rings. The maximum atomic E-state index is 12.5. The molecular weight excluding hydrogens is 521 g/mol. The van der Waals surface area contributed by atoms with E-state index in [1.54, 1.807) is 31.2 Å². The van der Waals surface area contributed by atoms with Crippen LogP contribution in [-0.4, -0.2) is 55.6 Å². The summed E-state index contributed by atoms with van der Waals surface area (Å²) in [5.41, 5.74) is 2.07. The zero-order valence-electron chi connectivity index (χ0n) is 21.1. The predicted molar refractivity (Wildman–Crippen MR) is 134 cm³/mol. The Bertz CT molecular complexity index is 1140. The number of hydrogen-bond acceptors (Lipinski definition) is 6. The lowest BCUT2D eigenvalue weighted by Gasteiger charge is -2.19. The highest BCUT2D eigenvalue weighted by atomic mass is 19.4. The van der Waals surface area contributed by atoms with Gasteiger partial charge in [-0.3, -0.25) is 14.4 Å². The fourth-order valence-corrected chi connectivity index (χ4v) is 3.35. The van der Waals surface area contributed by atoms with Gasteiger partial charge in [0.15, 0.2) is 0 Å². The van der Waals surface area contributed by atoms with Gasteiger partial charge in [0, 0.05) is 19.5 Å². The van der Waals surface area contributed by atoms with Crippen LogP contribution in [0.2, 0.25) is 0 Å². The van der Waals surface area contributed by atoms with E-state index >= 15 is 0 Å². The molecule has 2 aromatic rings. The lowest BCUT2D eigenvalue weighted by molar-refractivity contribution is -0.202. The van der Waals surface area contributed by atoms with Crippen molar-refractivity contribution in [3.05, 3.63) is 60.2 Å². The number of alkyl halides is 3. The number of carbonyl (C=O) groups excluding carboxylic acids is 5. The number of ether oxygens (including phenoxy) is 1. The fourth-order valence-electron chi connectivity index (χ4n) is 3.35. The zero-order chi connectivity index (χ0) is 28.8. The maximum absolute atomic E-state index is 12.5. The van der Waals surface area contributed by atoms with Crippen LogP contribution < -0.4 is 21.3 Å². The van der Waals surface area contributed by atoms with Crippen LogP contribution in [0.1, 0.15) is 37.8 Å². The Morgan fingerprint density at radius 2 is 1.49 bits per heavy atom. The van der Waals surface area contributed by atoms with E-state index in [1.807, 2.05) is 30.3 Å². The van der Waals surface area contributed by atoms with Crippen LogP contribution in [0.3, 0.4) is 0 Å². The van der Waals surface area contributed by atoms with E-state index in [2.05, 4.69) is 26.0 Å². The van der Waals surface area contributed by atoms with Crippen LogP contribution in [0.4, 0.5) is 18.0 Å². The molecule has 10 nitrogen and oxygen atoms in total. The van der Waals surface area contributed by atoms with Gasteiger partial charge in [-0.05, 0) is 30.0 Å². The number of rotatable bonds is 12. The van der Waals surface area contributed by atoms with E-state index in [9.17, 15) is 37.1 Å². The molecule has 0 spiro atoms. The van der Waals surface area contributed by atoms with Crippen LogP contribution in [0.5, 0.6) is 0 Å². The van der Waals surface area contributed by atoms with Gasteiger partial charge >= 0.3 is 24.1 Å². The summed E-state index contributed by atoms with van der Waals surface area (Å²) >= 11 is 0. The van der Waals surface area contributed by atoms with Gasteiger partial charge in [-0.1, -0.05) is 54.6 Å². The molecule has 1 atom stereocenters. The third kappa shape index (κ3) is 11.2. The summed E-state index contributed by atoms with van der Waals surface area (Å²) in [5, 5.41) is 9.96. The van der Waals surface area contributed by atoms with Crippen LogP contribution in [0.15, 0.2) is 54.6 Å². The number of urea groups is 1. The van der Waals surface area contributed by atoms with Crippen molar-refractivity contribution in [1.82, 2.24) is 21.3 Å². The molecule has 13 heteroatoms. The van der Waals surface area contributed by atoms with Crippen molar-refractivity contribution in [2.75, 3.05) is 19.6 Å². The predicted octanol–water partition coefficient (Wildman–Crippen LogP) is 2.75. The van der Waals surface area contributed by atoms with Crippen molar-refractivity contribution >= 4 is 29.8 Å². The van der Waals surface area contributed by atoms with Crippen molar-refractivity contribution < 1.29 is 41.9 Å². The highest BCUT2D eigenvalue weighted by molar-refractivity contribution is 5.89. The minimum atomic E-state index is -5.36. The summed E-state index contributed by atoms with van der Waals surface area (Å²) in [5.74, 6) is -5.35. The normalized spacial score (nSPS) is 11.6. The van der Waals surface area contributed by atoms with Crippen molar-refractivity contribution in [3.63, 3.8) is 0 Å². The van der Waals surface area contributed by atoms with E-state index in [4.69, 9.17) is 0 Å². The van der Waals surface area contributed by atoms with Crippen LogP contribution in [0, 0.1) is 0 Å². The van der Waals surface area contributed by atoms with E-state index in [-0.39, 0.29) is 19.0 Å². The summed E-state index contributed by atoms with van der Waals surface area (Å²) in [6.07, 6.45) is -5.78. The van der Waals surface area contributed by atoms with Gasteiger partial charge in [-0.15, -0.1) is 0 Å². The Hall–Kier alpha value is -4.42. The minimum Gasteiger partial charge on any atom is -0.386 e. The molecule has 0 radical (unpaired) electrons. The average molecular weight is 551 g/mol. The molecule has 2 rings (SSSR count). The third-order valence-electron chi connectivity index (χ3n) is 5.21. The van der Waals surface area contributed by atoms with E-state index < -0.39 is 48.9 Å². The van der Waals surface area contributed by atoms with Crippen molar-refractivity contribution in [3.8, 4) is 11.1 Å². The second kappa shape index (κ2) is 15.1. The molecule has 0 aliphatic carbocycles. The number of esters is 2. The summed E-state index contributed by atoms with van der Waals surface area (Å²) in [6, 6.07) is 14.3. The van der Waals surface area contributed by atoms with Gasteiger partial charge in [0.05, 0.1) is 19.0 Å². The Labute approximate surface area is 222 Å². The highest BCUT2D eigenvalue weighted by Gasteiger charge is 2.42. The first-order chi connectivity index (χ1) is 18.5. The molecule has 0 aliphatic heterocycles. The molecule has 2 aromatic carbocycles. The second-order valence-electron chi connectivity index (χ2n) is 8.24. The van der Waals surface area contributed by atoms with Gasteiger partial charge in [0.2, 0.25) is 11.8 Å². The van der Waals surface area contributed by atoms with Gasteiger partial charge in [0.25, 0.3) is 0 Å². The minimum absolute atomic E-state index is 0.0238. The molecule has 4 N–H and O–H groups in total. The van der Waals surface area contributed by atoms with Crippen LogP contribution in [0.25, 0.3) is 11.1 Å². The summed E-state index contributed by atoms with van der Waals surface area (Å²) in [7, 11) is 0. The standard InChI is InChI=1S/C26H29F3N4O6/c1-2-30-25(38)31-14-6-9-21(34)32-16-22(35)33-20(15-23(36)39-24(37)26(27,28)29)19-12-10-18(11-13-19)17-7-4-3-5-8-17/h3-5,7-8,10-13,20H,2,6,9,14-16H2,1H3,(H,32,34)(H,33,35)(H2,30,31,38). The van der Waals surface area contributed by atoms with Gasteiger partial charge < -0.3 is 26.0 Å². The molecule has 0 saturated heterocycles. The molecule has 210 valence electrons. The monoisotopic (exact) mass is 550 g/mol. The van der Waals surface area contributed by atoms with Gasteiger partial charge in [-0.25, -0.2) is 9.59 Å². The summed E-state index contributed by atoms with van der Waals surface area (Å²) in [6.45, 7) is 1.98. The van der Waals surface area contributed by atoms with Crippen molar-refractivity contribution in [2.24, 2.45) is 0 Å². The largest absolute Gasteiger partial charge is 0.491 e. The number of carbonyl (C=O) groups is 5. The molecule has 0 aromatic heterocycles. The lowest BCUT2D eigenvalue weighted by atomic mass is 9.99. The SMILES string of the molecule is CCNC(=O)NCCCC(=O)NCC(=O)NC(CC(=O)OC(=O)C(F)(F)F)c1ccc(-c2ccccc2)cc1. The Morgan fingerprint density at radius 3 is 2.10 bits per heavy atom. The average Bonchev–Trinajstić information content (AvgIpc) is 2.90. The maximum Gasteiger partial charge on any atom is 0.491 e. The highest BCUT2D eigenvalue weighted by Crippen LogP contribution is 2.24. The Kier molecular flexibility index (Phi) is 11.9. The topological polar surface area (TPSA) is 143 Å². The molecule has 0 heterocycles. The molecule has 4 amide bonds. The van der Waals surface area contributed by atoms with E-state index in [1.165, 1.54) is 0 Å². The molecule has 39 heavy (non-hydrogen) atoms. The molecule has 0 aliphatic rings. The first-order valence-electron chi connectivity index (χ1n) is 12.0.